The van der Waals surface area contributed by atoms with Crippen LogP contribution in [-0.4, -0.2) is 51.7 Å². The number of ether oxygens (including phenoxy) is 2. The summed E-state index contributed by atoms with van der Waals surface area (Å²) >= 11 is 0. The lowest BCUT2D eigenvalue weighted by molar-refractivity contribution is 0.0177. The van der Waals surface area contributed by atoms with Gasteiger partial charge in [0.1, 0.15) is 0 Å². The zero-order chi connectivity index (χ0) is 23.2. The molecule has 6 nitrogen and oxygen atoms in total. The van der Waals surface area contributed by atoms with E-state index in [1.165, 1.54) is 6.07 Å². The zero-order valence-electron chi connectivity index (χ0n) is 19.3. The van der Waals surface area contributed by atoms with E-state index in [0.717, 1.165) is 29.8 Å². The third kappa shape index (κ3) is 5.79. The molecule has 0 radical (unpaired) electrons. The van der Waals surface area contributed by atoms with Crippen molar-refractivity contribution in [3.8, 4) is 17.3 Å². The quantitative estimate of drug-likeness (QED) is 0.430. The molecule has 0 bridgehead atoms. The van der Waals surface area contributed by atoms with Gasteiger partial charge in [0.2, 0.25) is 5.88 Å². The minimum Gasteiger partial charge on any atom is -0.435 e. The topological polar surface area (TPSA) is 59.8 Å². The highest BCUT2D eigenvalue weighted by Crippen LogP contribution is 2.36. The van der Waals surface area contributed by atoms with Crippen molar-refractivity contribution in [2.24, 2.45) is 0 Å². The first-order chi connectivity index (χ1) is 16.1. The van der Waals surface area contributed by atoms with Gasteiger partial charge < -0.3 is 14.6 Å². The normalized spacial score (nSPS) is 14.6. The Bertz CT molecular complexity index is 1040. The smallest absolute Gasteiger partial charge is 0.227 e. The van der Waals surface area contributed by atoms with Crippen LogP contribution in [0, 0.1) is 5.82 Å². The van der Waals surface area contributed by atoms with Gasteiger partial charge in [-0.25, -0.2) is 9.07 Å². The van der Waals surface area contributed by atoms with E-state index in [2.05, 4.69) is 11.8 Å². The number of benzene rings is 2. The standard InChI is InChI=1S/C26H32FN3O3/c1-3-24-22(17-29(19-14-15-19)16-21(31)18-32-4-2)26(33-25-13-9-8-12-23(25)27)30(28-24)20-10-6-5-7-11-20/h5-13,19,21,31H,3-4,14-18H2,1-2H3. The predicted octanol–water partition coefficient (Wildman–Crippen LogP) is 4.73. The van der Waals surface area contributed by atoms with Crippen molar-refractivity contribution < 1.29 is 19.0 Å². The van der Waals surface area contributed by atoms with Crippen LogP contribution in [0.2, 0.25) is 0 Å². The van der Waals surface area contributed by atoms with Gasteiger partial charge in [-0.05, 0) is 50.5 Å². The molecule has 1 fully saturated rings. The number of aliphatic hydroxyl groups excluding tert-OH is 1. The summed E-state index contributed by atoms with van der Waals surface area (Å²) in [6, 6.07) is 16.5. The van der Waals surface area contributed by atoms with Crippen LogP contribution in [0.15, 0.2) is 54.6 Å². The maximum atomic E-state index is 14.5. The zero-order valence-corrected chi connectivity index (χ0v) is 19.3. The van der Waals surface area contributed by atoms with E-state index in [1.54, 1.807) is 22.9 Å². The Labute approximate surface area is 194 Å². The Morgan fingerprint density at radius 3 is 2.52 bits per heavy atom. The number of hydrogen-bond donors (Lipinski definition) is 1. The second kappa shape index (κ2) is 10.9. The minimum atomic E-state index is -0.573. The molecule has 176 valence electrons. The molecule has 2 aromatic carbocycles. The van der Waals surface area contributed by atoms with Gasteiger partial charge in [-0.3, -0.25) is 4.90 Å². The van der Waals surface area contributed by atoms with Gasteiger partial charge in [0, 0.05) is 25.7 Å². The molecule has 1 aliphatic carbocycles. The van der Waals surface area contributed by atoms with E-state index in [4.69, 9.17) is 14.6 Å². The second-order valence-corrected chi connectivity index (χ2v) is 8.34. The fourth-order valence-electron chi connectivity index (χ4n) is 3.96. The highest BCUT2D eigenvalue weighted by molar-refractivity contribution is 5.44. The Morgan fingerprint density at radius 2 is 1.85 bits per heavy atom. The van der Waals surface area contributed by atoms with Crippen molar-refractivity contribution in [1.29, 1.82) is 0 Å². The first-order valence-electron chi connectivity index (χ1n) is 11.7. The fraction of sp³-hybridized carbons (Fsp3) is 0.423. The maximum absolute atomic E-state index is 14.5. The molecule has 1 aromatic heterocycles. The summed E-state index contributed by atoms with van der Waals surface area (Å²) in [4.78, 5) is 2.27. The fourth-order valence-corrected chi connectivity index (χ4v) is 3.96. The first kappa shape index (κ1) is 23.4. The molecule has 1 heterocycles. The van der Waals surface area contributed by atoms with Crippen molar-refractivity contribution in [1.82, 2.24) is 14.7 Å². The van der Waals surface area contributed by atoms with Gasteiger partial charge in [-0.1, -0.05) is 37.3 Å². The van der Waals surface area contributed by atoms with Crippen LogP contribution < -0.4 is 4.74 Å². The minimum absolute atomic E-state index is 0.160. The summed E-state index contributed by atoms with van der Waals surface area (Å²) in [6.45, 7) is 5.92. The Hall–Kier alpha value is -2.74. The summed E-state index contributed by atoms with van der Waals surface area (Å²) in [7, 11) is 0. The molecule has 33 heavy (non-hydrogen) atoms. The molecule has 1 atom stereocenters. The van der Waals surface area contributed by atoms with E-state index in [0.29, 0.717) is 44.6 Å². The largest absolute Gasteiger partial charge is 0.435 e. The lowest BCUT2D eigenvalue weighted by Crippen LogP contribution is -2.36. The van der Waals surface area contributed by atoms with E-state index in [9.17, 15) is 9.50 Å². The number of para-hydroxylation sites is 2. The predicted molar refractivity (Wildman–Crippen MR) is 125 cm³/mol. The van der Waals surface area contributed by atoms with E-state index in [1.807, 2.05) is 37.3 Å². The SMILES string of the molecule is CCOCC(O)CN(Cc1c(CC)nn(-c2ccccc2)c1Oc1ccccc1F)C1CC1. The number of rotatable bonds is 12. The molecule has 0 amide bonds. The van der Waals surface area contributed by atoms with Crippen LogP contribution in [-0.2, 0) is 17.7 Å². The van der Waals surface area contributed by atoms with E-state index >= 15 is 0 Å². The Balaban J connectivity index is 1.71. The molecular formula is C26H32FN3O3. The third-order valence-electron chi connectivity index (χ3n) is 5.78. The average Bonchev–Trinajstić information content (AvgIpc) is 3.63. The van der Waals surface area contributed by atoms with Crippen molar-refractivity contribution in [2.75, 3.05) is 19.8 Å². The van der Waals surface area contributed by atoms with Gasteiger partial charge in [0.05, 0.1) is 29.7 Å². The molecule has 4 rings (SSSR count). The summed E-state index contributed by atoms with van der Waals surface area (Å²) in [5, 5.41) is 15.3. The number of aliphatic hydroxyl groups is 1. The molecule has 1 aliphatic rings. The van der Waals surface area contributed by atoms with Gasteiger partial charge in [0.25, 0.3) is 0 Å². The van der Waals surface area contributed by atoms with Crippen LogP contribution in [0.3, 0.4) is 0 Å². The molecule has 1 unspecified atom stereocenters. The number of hydrogen-bond acceptors (Lipinski definition) is 5. The number of aromatic nitrogens is 2. The van der Waals surface area contributed by atoms with Crippen LogP contribution in [0.1, 0.15) is 37.9 Å². The molecule has 1 N–H and O–H groups in total. The van der Waals surface area contributed by atoms with Gasteiger partial charge in [-0.2, -0.15) is 5.10 Å². The van der Waals surface area contributed by atoms with Crippen LogP contribution >= 0.6 is 0 Å². The van der Waals surface area contributed by atoms with Gasteiger partial charge in [-0.15, -0.1) is 0 Å². The summed E-state index contributed by atoms with van der Waals surface area (Å²) in [5.41, 5.74) is 2.66. The molecule has 0 aliphatic heterocycles. The van der Waals surface area contributed by atoms with Crippen molar-refractivity contribution >= 4 is 0 Å². The van der Waals surface area contributed by atoms with Crippen LogP contribution in [0.4, 0.5) is 4.39 Å². The van der Waals surface area contributed by atoms with Gasteiger partial charge >= 0.3 is 0 Å². The van der Waals surface area contributed by atoms with Crippen molar-refractivity contribution in [3.05, 3.63) is 71.7 Å². The Morgan fingerprint density at radius 1 is 1.12 bits per heavy atom. The second-order valence-electron chi connectivity index (χ2n) is 8.34. The number of halogens is 1. The van der Waals surface area contributed by atoms with E-state index < -0.39 is 11.9 Å². The maximum Gasteiger partial charge on any atom is 0.227 e. The Kier molecular flexibility index (Phi) is 7.75. The van der Waals surface area contributed by atoms with Crippen LogP contribution in [0.5, 0.6) is 11.6 Å². The lowest BCUT2D eigenvalue weighted by atomic mass is 10.1. The molecule has 1 saturated carbocycles. The van der Waals surface area contributed by atoms with Crippen molar-refractivity contribution in [3.63, 3.8) is 0 Å². The van der Waals surface area contributed by atoms with Gasteiger partial charge in [0.15, 0.2) is 11.6 Å². The summed E-state index contributed by atoms with van der Waals surface area (Å²) in [5.74, 6) is 0.245. The molecular weight excluding hydrogens is 421 g/mol. The third-order valence-corrected chi connectivity index (χ3v) is 5.78. The highest BCUT2D eigenvalue weighted by Gasteiger charge is 2.33. The highest BCUT2D eigenvalue weighted by atomic mass is 19.1. The first-order valence-corrected chi connectivity index (χ1v) is 11.7. The molecule has 3 aromatic rings. The average molecular weight is 454 g/mol. The van der Waals surface area contributed by atoms with Crippen LogP contribution in [0.25, 0.3) is 5.69 Å². The summed E-state index contributed by atoms with van der Waals surface area (Å²) < 4.78 is 27.9. The molecule has 0 saturated heterocycles. The summed E-state index contributed by atoms with van der Waals surface area (Å²) in [6.07, 6.45) is 2.33. The number of nitrogens with zero attached hydrogens (tertiary/aromatic N) is 3. The lowest BCUT2D eigenvalue weighted by Gasteiger charge is -2.25. The monoisotopic (exact) mass is 453 g/mol. The molecule has 7 heteroatoms. The molecule has 0 spiro atoms. The van der Waals surface area contributed by atoms with E-state index in [-0.39, 0.29) is 5.75 Å². The number of aryl methyl sites for hydroxylation is 1. The van der Waals surface area contributed by atoms with Crippen molar-refractivity contribution in [2.45, 2.75) is 51.8 Å².